The molecule has 0 saturated carbocycles. The Morgan fingerprint density at radius 3 is 2.30 bits per heavy atom. The summed E-state index contributed by atoms with van der Waals surface area (Å²) in [6.45, 7) is 6.06. The quantitative estimate of drug-likeness (QED) is 0.166. The number of ether oxygens (including phenoxy) is 2. The van der Waals surface area contributed by atoms with E-state index in [1.165, 1.54) is 16.7 Å². The first kappa shape index (κ1) is 30.7. The van der Waals surface area contributed by atoms with Gasteiger partial charge in [-0.3, -0.25) is 14.5 Å². The lowest BCUT2D eigenvalue weighted by Gasteiger charge is -2.32. The summed E-state index contributed by atoms with van der Waals surface area (Å²) in [5.41, 5.74) is 2.16. The zero-order valence-corrected chi connectivity index (χ0v) is 26.3. The molecule has 0 aromatic heterocycles. The van der Waals surface area contributed by atoms with Gasteiger partial charge in [0.05, 0.1) is 17.2 Å². The maximum atomic E-state index is 13.4. The second kappa shape index (κ2) is 14.2. The van der Waals surface area contributed by atoms with Crippen LogP contribution in [0.3, 0.4) is 0 Å². The minimum Gasteiger partial charge on any atom is -0.493 e. The summed E-state index contributed by atoms with van der Waals surface area (Å²) in [4.78, 5) is 33.9. The molecule has 2 heterocycles. The van der Waals surface area contributed by atoms with Crippen molar-refractivity contribution in [2.24, 2.45) is 0 Å². The van der Waals surface area contributed by atoms with E-state index in [-0.39, 0.29) is 11.8 Å². The van der Waals surface area contributed by atoms with E-state index in [9.17, 15) is 9.59 Å². The van der Waals surface area contributed by atoms with E-state index in [4.69, 9.17) is 21.7 Å². The molecule has 0 spiro atoms. The Balaban J connectivity index is 1.16. The zero-order chi connectivity index (χ0) is 30.3. The van der Waals surface area contributed by atoms with E-state index in [0.717, 1.165) is 50.5 Å². The number of anilines is 1. The van der Waals surface area contributed by atoms with Gasteiger partial charge >= 0.3 is 0 Å². The number of hydrogen-bond donors (Lipinski definition) is 0. The van der Waals surface area contributed by atoms with Crippen molar-refractivity contribution in [3.8, 4) is 17.2 Å². The standard InChI is InChI=1S/C33H36N4O4S2/c1-34(2)31(38)25-10-14-28(15-11-25)41-27-12-8-24(9-13-27)22-30-32(39)37(33(42)43-30)26-6-4-7-29(23-26)40-21-5-16-36-19-17-35(3)18-20-36/h4,6-15,22-23H,5,16-21H2,1-3H3/b30-22-. The largest absolute Gasteiger partial charge is 0.493 e. The molecule has 224 valence electrons. The van der Waals surface area contributed by atoms with Gasteiger partial charge in [0.15, 0.2) is 4.32 Å². The highest BCUT2D eigenvalue weighted by Crippen LogP contribution is 2.37. The number of rotatable bonds is 10. The molecule has 2 aliphatic heterocycles. The lowest BCUT2D eigenvalue weighted by Crippen LogP contribution is -2.44. The summed E-state index contributed by atoms with van der Waals surface area (Å²) < 4.78 is 12.4. The lowest BCUT2D eigenvalue weighted by atomic mass is 10.2. The Hall–Kier alpha value is -3.70. The number of benzene rings is 3. The molecule has 3 aromatic carbocycles. The van der Waals surface area contributed by atoms with Gasteiger partial charge in [-0.25, -0.2) is 0 Å². The fourth-order valence-corrected chi connectivity index (χ4v) is 6.09. The SMILES string of the molecule is CN1CCN(CCCOc2cccc(N3C(=O)/C(=C/c4ccc(Oc5ccc(C(=O)N(C)C)cc5)cc4)SC3=S)c2)CC1. The number of piperazine rings is 1. The molecule has 43 heavy (non-hydrogen) atoms. The van der Waals surface area contributed by atoms with Crippen LogP contribution in [0.4, 0.5) is 5.69 Å². The molecule has 2 aliphatic rings. The van der Waals surface area contributed by atoms with E-state index in [2.05, 4.69) is 16.8 Å². The third kappa shape index (κ3) is 8.03. The van der Waals surface area contributed by atoms with Gasteiger partial charge in [0.25, 0.3) is 11.8 Å². The molecule has 0 radical (unpaired) electrons. The van der Waals surface area contributed by atoms with Crippen molar-refractivity contribution in [1.29, 1.82) is 0 Å². The summed E-state index contributed by atoms with van der Waals surface area (Å²) >= 11 is 6.87. The molecular formula is C33H36N4O4S2. The molecule has 0 N–H and O–H groups in total. The van der Waals surface area contributed by atoms with Gasteiger partial charge in [-0.15, -0.1) is 0 Å². The van der Waals surface area contributed by atoms with Crippen LogP contribution in [0.2, 0.25) is 0 Å². The van der Waals surface area contributed by atoms with E-state index in [1.807, 2.05) is 54.6 Å². The summed E-state index contributed by atoms with van der Waals surface area (Å²) in [6.07, 6.45) is 2.79. The molecule has 2 amide bonds. The van der Waals surface area contributed by atoms with E-state index in [0.29, 0.717) is 38.6 Å². The molecule has 10 heteroatoms. The molecule has 5 rings (SSSR count). The van der Waals surface area contributed by atoms with Gasteiger partial charge in [0.2, 0.25) is 0 Å². The van der Waals surface area contributed by atoms with Gasteiger partial charge < -0.3 is 24.2 Å². The summed E-state index contributed by atoms with van der Waals surface area (Å²) in [6, 6.07) is 22.0. The van der Waals surface area contributed by atoms with Gasteiger partial charge in [-0.2, -0.15) is 0 Å². The molecule has 3 aromatic rings. The van der Waals surface area contributed by atoms with Gasteiger partial charge in [0.1, 0.15) is 17.2 Å². The van der Waals surface area contributed by atoms with Crippen LogP contribution in [-0.4, -0.2) is 91.3 Å². The van der Waals surface area contributed by atoms with Crippen molar-refractivity contribution in [1.82, 2.24) is 14.7 Å². The van der Waals surface area contributed by atoms with E-state index < -0.39 is 0 Å². The molecule has 0 atom stereocenters. The van der Waals surface area contributed by atoms with Crippen LogP contribution >= 0.6 is 24.0 Å². The van der Waals surface area contributed by atoms with Crippen LogP contribution in [0.15, 0.2) is 77.7 Å². The molecular weight excluding hydrogens is 581 g/mol. The summed E-state index contributed by atoms with van der Waals surface area (Å²) in [7, 11) is 5.60. The Bertz CT molecular complexity index is 1480. The van der Waals surface area contributed by atoms with Crippen LogP contribution < -0.4 is 14.4 Å². The number of carbonyl (C=O) groups is 2. The van der Waals surface area contributed by atoms with Crippen molar-refractivity contribution in [3.05, 3.63) is 88.8 Å². The summed E-state index contributed by atoms with van der Waals surface area (Å²) in [5, 5.41) is 0. The van der Waals surface area contributed by atoms with Crippen molar-refractivity contribution >= 4 is 51.9 Å². The molecule has 0 unspecified atom stereocenters. The van der Waals surface area contributed by atoms with Crippen LogP contribution in [0.25, 0.3) is 6.08 Å². The third-order valence-corrected chi connectivity index (χ3v) is 8.58. The Labute approximate surface area is 262 Å². The minimum absolute atomic E-state index is 0.0606. The maximum absolute atomic E-state index is 13.4. The Morgan fingerprint density at radius 1 is 0.953 bits per heavy atom. The number of amides is 2. The van der Waals surface area contributed by atoms with Crippen molar-refractivity contribution in [3.63, 3.8) is 0 Å². The lowest BCUT2D eigenvalue weighted by molar-refractivity contribution is -0.113. The van der Waals surface area contributed by atoms with E-state index >= 15 is 0 Å². The molecule has 0 bridgehead atoms. The van der Waals surface area contributed by atoms with Crippen molar-refractivity contribution in [2.45, 2.75) is 6.42 Å². The number of carbonyl (C=O) groups excluding carboxylic acids is 2. The van der Waals surface area contributed by atoms with Gasteiger partial charge in [0, 0.05) is 58.4 Å². The fraction of sp³-hybridized carbons (Fsp3) is 0.303. The number of thioether (sulfide) groups is 1. The second-order valence-corrected chi connectivity index (χ2v) is 12.4. The molecule has 2 fully saturated rings. The molecule has 2 saturated heterocycles. The average Bonchev–Trinajstić information content (AvgIpc) is 3.29. The highest BCUT2D eigenvalue weighted by molar-refractivity contribution is 8.27. The highest BCUT2D eigenvalue weighted by Gasteiger charge is 2.33. The third-order valence-electron chi connectivity index (χ3n) is 7.27. The predicted molar refractivity (Wildman–Crippen MR) is 177 cm³/mol. The number of thiocarbonyl (C=S) groups is 1. The normalized spacial score (nSPS) is 17.0. The second-order valence-electron chi connectivity index (χ2n) is 10.8. The molecule has 0 aliphatic carbocycles. The predicted octanol–water partition coefficient (Wildman–Crippen LogP) is 5.60. The highest BCUT2D eigenvalue weighted by atomic mass is 32.2. The number of hydrogen-bond acceptors (Lipinski definition) is 8. The Morgan fingerprint density at radius 2 is 1.63 bits per heavy atom. The number of likely N-dealkylation sites (N-methyl/N-ethyl adjacent to an activating group) is 1. The van der Waals surface area contributed by atoms with Gasteiger partial charge in [-0.1, -0.05) is 42.2 Å². The summed E-state index contributed by atoms with van der Waals surface area (Å²) in [5.74, 6) is 1.79. The smallest absolute Gasteiger partial charge is 0.270 e. The topological polar surface area (TPSA) is 65.6 Å². The Kier molecular flexibility index (Phi) is 10.1. The van der Waals surface area contributed by atoms with Crippen LogP contribution in [0, 0.1) is 0 Å². The van der Waals surface area contributed by atoms with Crippen molar-refractivity contribution in [2.75, 3.05) is 65.4 Å². The average molecular weight is 617 g/mol. The van der Waals surface area contributed by atoms with Crippen LogP contribution in [0.1, 0.15) is 22.3 Å². The van der Waals surface area contributed by atoms with Crippen LogP contribution in [-0.2, 0) is 4.79 Å². The van der Waals surface area contributed by atoms with Crippen molar-refractivity contribution < 1.29 is 19.1 Å². The minimum atomic E-state index is -0.157. The monoisotopic (exact) mass is 616 g/mol. The van der Waals surface area contributed by atoms with E-state index in [1.54, 1.807) is 43.3 Å². The van der Waals surface area contributed by atoms with Gasteiger partial charge in [-0.05, 0) is 73.6 Å². The molecule has 8 nitrogen and oxygen atoms in total. The first-order valence-corrected chi connectivity index (χ1v) is 15.5. The number of nitrogens with zero attached hydrogens (tertiary/aromatic N) is 4. The fourth-order valence-electron chi connectivity index (χ4n) is 4.80. The van der Waals surface area contributed by atoms with Crippen LogP contribution in [0.5, 0.6) is 17.2 Å². The first-order valence-electron chi connectivity index (χ1n) is 14.3. The first-order chi connectivity index (χ1) is 20.8. The maximum Gasteiger partial charge on any atom is 0.270 e. The zero-order valence-electron chi connectivity index (χ0n) is 24.7.